The molecule has 0 aliphatic carbocycles. The van der Waals surface area contributed by atoms with Crippen molar-refractivity contribution >= 4 is 23.2 Å². The molecule has 0 atom stereocenters. The van der Waals surface area contributed by atoms with Crippen LogP contribution in [0.5, 0.6) is 0 Å². The third-order valence-electron chi connectivity index (χ3n) is 3.94. The summed E-state index contributed by atoms with van der Waals surface area (Å²) in [6, 6.07) is 7.33. The second kappa shape index (κ2) is 6.84. The highest BCUT2D eigenvalue weighted by Crippen LogP contribution is 2.26. The van der Waals surface area contributed by atoms with Crippen molar-refractivity contribution in [2.45, 2.75) is 32.6 Å². The molecule has 0 saturated carbocycles. The number of benzene rings is 1. The molecule has 1 aliphatic heterocycles. The van der Waals surface area contributed by atoms with Crippen molar-refractivity contribution in [1.29, 1.82) is 0 Å². The maximum absolute atomic E-state index is 12.5. The molecule has 2 N–H and O–H groups in total. The second-order valence-electron chi connectivity index (χ2n) is 6.16. The second-order valence-corrected chi connectivity index (χ2v) is 6.16. The van der Waals surface area contributed by atoms with Gasteiger partial charge in [-0.05, 0) is 12.1 Å². The third kappa shape index (κ3) is 3.57. The van der Waals surface area contributed by atoms with Crippen molar-refractivity contribution in [1.82, 2.24) is 20.2 Å². The zero-order chi connectivity index (χ0) is 18.0. The number of H-pyrrole nitrogens is 1. The highest BCUT2D eigenvalue weighted by atomic mass is 16.2. The molecule has 0 bridgehead atoms. The highest BCUT2D eigenvalue weighted by Gasteiger charge is 2.23. The summed E-state index contributed by atoms with van der Waals surface area (Å²) >= 11 is 0. The number of carbonyl (C=O) groups is 2. The number of rotatable bonds is 4. The fourth-order valence-electron chi connectivity index (χ4n) is 2.47. The van der Waals surface area contributed by atoms with Crippen LogP contribution < -0.4 is 5.32 Å². The van der Waals surface area contributed by atoms with Crippen LogP contribution in [-0.2, 0) is 9.59 Å². The molecule has 130 valence electrons. The Bertz CT molecular complexity index is 839. The lowest BCUT2D eigenvalue weighted by Crippen LogP contribution is -2.34. The molecule has 3 rings (SSSR count). The number of hydrogen-bond donors (Lipinski definition) is 2. The number of hydrazone groups is 1. The zero-order valence-corrected chi connectivity index (χ0v) is 14.4. The van der Waals surface area contributed by atoms with Crippen molar-refractivity contribution in [3.05, 3.63) is 30.1 Å². The Labute approximate surface area is 145 Å². The fourth-order valence-corrected chi connectivity index (χ4v) is 2.47. The molecule has 1 aliphatic rings. The van der Waals surface area contributed by atoms with Crippen LogP contribution >= 0.6 is 0 Å². The van der Waals surface area contributed by atoms with Gasteiger partial charge in [0, 0.05) is 31.4 Å². The van der Waals surface area contributed by atoms with Crippen molar-refractivity contribution in [3.8, 4) is 11.4 Å². The van der Waals surface area contributed by atoms with Crippen molar-refractivity contribution in [2.24, 2.45) is 5.10 Å². The van der Waals surface area contributed by atoms with Gasteiger partial charge in [-0.3, -0.25) is 14.7 Å². The molecular formula is C17H20N6O2. The summed E-state index contributed by atoms with van der Waals surface area (Å²) in [7, 11) is 1.55. The average molecular weight is 340 g/mol. The van der Waals surface area contributed by atoms with Crippen LogP contribution in [0.3, 0.4) is 0 Å². The summed E-state index contributed by atoms with van der Waals surface area (Å²) in [5.74, 6) is 1.11. The number of nitrogens with one attached hydrogen (secondary N) is 2. The van der Waals surface area contributed by atoms with E-state index in [1.165, 1.54) is 5.01 Å². The first kappa shape index (κ1) is 16.8. The van der Waals surface area contributed by atoms with E-state index in [0.29, 0.717) is 23.6 Å². The SMILES string of the molecule is CC(C)c1nc(-c2ccccc2NC(=O)C2=NN(C)C(=O)CC2)n[nH]1. The monoisotopic (exact) mass is 340 g/mol. The lowest BCUT2D eigenvalue weighted by Gasteiger charge is -2.19. The first-order valence-corrected chi connectivity index (χ1v) is 8.12. The molecule has 2 heterocycles. The Balaban J connectivity index is 1.85. The van der Waals surface area contributed by atoms with E-state index in [4.69, 9.17) is 0 Å². The third-order valence-corrected chi connectivity index (χ3v) is 3.94. The van der Waals surface area contributed by atoms with E-state index in [1.54, 1.807) is 13.1 Å². The summed E-state index contributed by atoms with van der Waals surface area (Å²) in [6.45, 7) is 4.05. The van der Waals surface area contributed by atoms with Crippen LogP contribution in [0, 0.1) is 0 Å². The van der Waals surface area contributed by atoms with Crippen LogP contribution in [0.2, 0.25) is 0 Å². The quantitative estimate of drug-likeness (QED) is 0.890. The molecule has 0 spiro atoms. The van der Waals surface area contributed by atoms with E-state index >= 15 is 0 Å². The smallest absolute Gasteiger partial charge is 0.271 e. The van der Waals surface area contributed by atoms with E-state index in [0.717, 1.165) is 11.4 Å². The van der Waals surface area contributed by atoms with E-state index in [2.05, 4.69) is 25.6 Å². The van der Waals surface area contributed by atoms with E-state index in [9.17, 15) is 9.59 Å². The normalized spacial score (nSPS) is 14.6. The van der Waals surface area contributed by atoms with Gasteiger partial charge in [-0.2, -0.15) is 10.2 Å². The van der Waals surface area contributed by atoms with Crippen LogP contribution in [0.25, 0.3) is 11.4 Å². The van der Waals surface area contributed by atoms with Crippen LogP contribution in [0.15, 0.2) is 29.4 Å². The topological polar surface area (TPSA) is 103 Å². The van der Waals surface area contributed by atoms with Gasteiger partial charge in [0.05, 0.1) is 5.69 Å². The first-order chi connectivity index (χ1) is 12.0. The molecular weight excluding hydrogens is 320 g/mol. The summed E-state index contributed by atoms with van der Waals surface area (Å²) in [5.41, 5.74) is 1.65. The minimum atomic E-state index is -0.327. The number of aromatic nitrogens is 3. The van der Waals surface area contributed by atoms with Gasteiger partial charge in [-0.25, -0.2) is 9.99 Å². The Kier molecular flexibility index (Phi) is 4.60. The molecule has 2 aromatic rings. The lowest BCUT2D eigenvalue weighted by atomic mass is 10.1. The average Bonchev–Trinajstić information content (AvgIpc) is 3.08. The van der Waals surface area contributed by atoms with Gasteiger partial charge in [0.15, 0.2) is 5.82 Å². The van der Waals surface area contributed by atoms with E-state index < -0.39 is 0 Å². The highest BCUT2D eigenvalue weighted by molar-refractivity contribution is 6.43. The molecule has 8 nitrogen and oxygen atoms in total. The molecule has 1 aromatic carbocycles. The maximum atomic E-state index is 12.5. The Morgan fingerprint density at radius 1 is 1.28 bits per heavy atom. The standard InChI is InChI=1S/C17H20N6O2/c1-10(2)15-19-16(21-20-15)11-6-4-5-7-12(11)18-17(25)13-8-9-14(24)23(3)22-13/h4-7,10H,8-9H2,1-3H3,(H,18,25)(H,19,20,21). The predicted molar refractivity (Wildman–Crippen MR) is 94.0 cm³/mol. The minimum absolute atomic E-state index is 0.0983. The van der Waals surface area contributed by atoms with Gasteiger partial charge in [-0.1, -0.05) is 26.0 Å². The molecule has 1 aromatic heterocycles. The molecule has 0 unspecified atom stereocenters. The van der Waals surface area contributed by atoms with E-state index in [-0.39, 0.29) is 24.2 Å². The largest absolute Gasteiger partial charge is 0.320 e. The van der Waals surface area contributed by atoms with Crippen molar-refractivity contribution < 1.29 is 9.59 Å². The molecule has 2 amide bonds. The summed E-state index contributed by atoms with van der Waals surface area (Å²) in [4.78, 5) is 28.5. The number of para-hydroxylation sites is 1. The van der Waals surface area contributed by atoms with Gasteiger partial charge in [0.2, 0.25) is 5.91 Å². The fraction of sp³-hybridized carbons (Fsp3) is 0.353. The first-order valence-electron chi connectivity index (χ1n) is 8.12. The number of amides is 2. The Morgan fingerprint density at radius 2 is 2.04 bits per heavy atom. The number of anilines is 1. The maximum Gasteiger partial charge on any atom is 0.271 e. The summed E-state index contributed by atoms with van der Waals surface area (Å²) in [5, 5.41) is 15.3. The number of aromatic amines is 1. The van der Waals surface area contributed by atoms with Crippen molar-refractivity contribution in [3.63, 3.8) is 0 Å². The van der Waals surface area contributed by atoms with Crippen LogP contribution in [0.4, 0.5) is 5.69 Å². The van der Waals surface area contributed by atoms with Gasteiger partial charge in [-0.15, -0.1) is 0 Å². The number of nitrogens with zero attached hydrogens (tertiary/aromatic N) is 4. The van der Waals surface area contributed by atoms with Crippen LogP contribution in [-0.4, -0.2) is 44.8 Å². The van der Waals surface area contributed by atoms with E-state index in [1.807, 2.05) is 32.0 Å². The van der Waals surface area contributed by atoms with Crippen LogP contribution in [0.1, 0.15) is 38.4 Å². The minimum Gasteiger partial charge on any atom is -0.320 e. The summed E-state index contributed by atoms with van der Waals surface area (Å²) < 4.78 is 0. The molecule has 0 fully saturated rings. The number of hydrogen-bond acceptors (Lipinski definition) is 5. The molecule has 8 heteroatoms. The predicted octanol–water partition coefficient (Wildman–Crippen LogP) is 2.14. The Hall–Kier alpha value is -3.03. The van der Waals surface area contributed by atoms with Gasteiger partial charge in [0.25, 0.3) is 5.91 Å². The van der Waals surface area contributed by atoms with Crippen molar-refractivity contribution in [2.75, 3.05) is 12.4 Å². The molecule has 0 radical (unpaired) electrons. The van der Waals surface area contributed by atoms with Gasteiger partial charge < -0.3 is 5.32 Å². The van der Waals surface area contributed by atoms with Gasteiger partial charge in [0.1, 0.15) is 11.5 Å². The Morgan fingerprint density at radius 3 is 2.72 bits per heavy atom. The number of carbonyl (C=O) groups excluding carboxylic acids is 2. The molecule has 0 saturated heterocycles. The molecule has 25 heavy (non-hydrogen) atoms. The van der Waals surface area contributed by atoms with Gasteiger partial charge >= 0.3 is 0 Å². The lowest BCUT2D eigenvalue weighted by molar-refractivity contribution is -0.130. The summed E-state index contributed by atoms with van der Waals surface area (Å²) in [6.07, 6.45) is 0.610. The zero-order valence-electron chi connectivity index (χ0n) is 14.4.